The molecule has 1 aliphatic heterocycles. The van der Waals surface area contributed by atoms with Crippen molar-refractivity contribution in [3.63, 3.8) is 0 Å². The van der Waals surface area contributed by atoms with Gasteiger partial charge in [-0.3, -0.25) is 9.59 Å². The number of fused-ring (bicyclic) bond motifs is 1. The number of hydrogen-bond donors (Lipinski definition) is 0. The van der Waals surface area contributed by atoms with Gasteiger partial charge in [0.25, 0.3) is 0 Å². The van der Waals surface area contributed by atoms with Crippen LogP contribution in [0.15, 0.2) is 88.8 Å². The number of benzene rings is 2. The van der Waals surface area contributed by atoms with Crippen LogP contribution in [0.25, 0.3) is 11.0 Å². The molecular weight excluding hydrogens is 476 g/mol. The molecule has 1 aliphatic rings. The molecule has 9 heteroatoms. The average Bonchev–Trinajstić information content (AvgIpc) is 3.48. The minimum atomic E-state index is -0.991. The molecule has 2 aromatic carbocycles. The van der Waals surface area contributed by atoms with Gasteiger partial charge in [-0.2, -0.15) is 0 Å². The van der Waals surface area contributed by atoms with Crippen LogP contribution in [0.3, 0.4) is 0 Å². The van der Waals surface area contributed by atoms with Crippen LogP contribution in [0.5, 0.6) is 5.75 Å². The average molecular weight is 498 g/mol. The predicted octanol–water partition coefficient (Wildman–Crippen LogP) is 2.62. The lowest BCUT2D eigenvalue weighted by atomic mass is 9.94. The van der Waals surface area contributed by atoms with Crippen molar-refractivity contribution in [1.29, 1.82) is 0 Å². The molecule has 0 saturated carbocycles. The van der Waals surface area contributed by atoms with Gasteiger partial charge in [-0.05, 0) is 41.7 Å². The maximum absolute atomic E-state index is 13.7. The third-order valence-electron chi connectivity index (χ3n) is 6.25. The standard InChI is InChI=1S/C28H22N2O7/c1-35-20-7-3-6-19-13-21(37-26(19)20)24(31)22-23(17-8-10-18(11-9-17)28(34)36-2)30(27(33)25(22)32)15-16-5-4-12-29-14-16/h3-14,23,32H,15H2,1-2H3. The minimum absolute atomic E-state index is 0.0794. The number of ketones is 1. The molecule has 3 heterocycles. The highest BCUT2D eigenvalue weighted by Gasteiger charge is 2.40. The molecule has 5 rings (SSSR count). The number of furan rings is 1. The molecule has 1 unspecified atom stereocenters. The van der Waals surface area contributed by atoms with E-state index in [0.717, 1.165) is 5.56 Å². The number of carbonyl (C=O) groups excluding carboxylic acids is 3. The second kappa shape index (κ2) is 9.62. The number of ether oxygens (including phenoxy) is 2. The summed E-state index contributed by atoms with van der Waals surface area (Å²) >= 11 is 0. The highest BCUT2D eigenvalue weighted by Crippen LogP contribution is 2.40. The van der Waals surface area contributed by atoms with Gasteiger partial charge in [-0.25, -0.2) is 9.78 Å². The zero-order valence-electron chi connectivity index (χ0n) is 20.0. The number of aromatic nitrogens is 1. The monoisotopic (exact) mass is 498 g/mol. The second-order valence-electron chi connectivity index (χ2n) is 8.42. The van der Waals surface area contributed by atoms with Gasteiger partial charge in [0.1, 0.15) is 0 Å². The summed E-state index contributed by atoms with van der Waals surface area (Å²) in [6, 6.07) is 15.6. The van der Waals surface area contributed by atoms with Crippen LogP contribution in [0.4, 0.5) is 0 Å². The van der Waals surface area contributed by atoms with Crippen LogP contribution in [0, 0.1) is 0 Å². The van der Waals surface area contributed by atoms with Crippen LogP contribution < -0.4 is 14.8 Å². The van der Waals surface area contributed by atoms with E-state index in [9.17, 15) is 19.5 Å². The van der Waals surface area contributed by atoms with Gasteiger partial charge < -0.3 is 23.9 Å². The summed E-state index contributed by atoms with van der Waals surface area (Å²) in [6.07, 6.45) is 3.43. The third kappa shape index (κ3) is 4.20. The van der Waals surface area contributed by atoms with Gasteiger partial charge in [0, 0.05) is 22.6 Å². The van der Waals surface area contributed by atoms with Gasteiger partial charge in [-0.15, -0.1) is 0 Å². The summed E-state index contributed by atoms with van der Waals surface area (Å²) in [7, 11) is 2.76. The fourth-order valence-corrected chi connectivity index (χ4v) is 4.47. The number of esters is 1. The van der Waals surface area contributed by atoms with Gasteiger partial charge in [0.2, 0.25) is 11.7 Å². The Morgan fingerprint density at radius 2 is 1.86 bits per heavy atom. The lowest BCUT2D eigenvalue weighted by molar-refractivity contribution is -0.378. The van der Waals surface area contributed by atoms with Gasteiger partial charge in [-0.1, -0.05) is 24.3 Å². The molecule has 37 heavy (non-hydrogen) atoms. The topological polar surface area (TPSA) is 123 Å². The number of aromatic amines is 1. The molecule has 0 radical (unpaired) electrons. The molecule has 4 aromatic rings. The first-order chi connectivity index (χ1) is 17.9. The van der Waals surface area contributed by atoms with Crippen molar-refractivity contribution in [1.82, 2.24) is 4.90 Å². The smallest absolute Gasteiger partial charge is 0.337 e. The number of methoxy groups -OCH3 is 2. The minimum Gasteiger partial charge on any atom is -0.868 e. The lowest BCUT2D eigenvalue weighted by Crippen LogP contribution is -2.32. The fraction of sp³-hybridized carbons (Fsp3) is 0.143. The Kier molecular flexibility index (Phi) is 6.19. The molecule has 0 spiro atoms. The van der Waals surface area contributed by atoms with Crippen molar-refractivity contribution in [2.24, 2.45) is 0 Å². The summed E-state index contributed by atoms with van der Waals surface area (Å²) < 4.78 is 15.9. The molecule has 1 atom stereocenters. The molecule has 0 bridgehead atoms. The molecule has 0 saturated heterocycles. The Morgan fingerprint density at radius 3 is 2.54 bits per heavy atom. The van der Waals surface area contributed by atoms with Crippen molar-refractivity contribution >= 4 is 28.6 Å². The van der Waals surface area contributed by atoms with Crippen molar-refractivity contribution in [3.8, 4) is 5.75 Å². The molecule has 1 amide bonds. The first kappa shape index (κ1) is 23.8. The summed E-state index contributed by atoms with van der Waals surface area (Å²) in [5, 5.41) is 13.9. The number of carbonyl (C=O) groups is 3. The van der Waals surface area contributed by atoms with E-state index < -0.39 is 29.5 Å². The number of hydrogen-bond acceptors (Lipinski definition) is 7. The summed E-state index contributed by atoms with van der Waals surface area (Å²) in [6.45, 7) is 0.0794. The van der Waals surface area contributed by atoms with E-state index in [0.29, 0.717) is 27.8 Å². The predicted molar refractivity (Wildman–Crippen MR) is 128 cm³/mol. The highest BCUT2D eigenvalue weighted by molar-refractivity contribution is 6.16. The molecular formula is C28H22N2O7. The van der Waals surface area contributed by atoms with E-state index in [4.69, 9.17) is 13.9 Å². The second-order valence-corrected chi connectivity index (χ2v) is 8.42. The molecule has 1 N–H and O–H groups in total. The summed E-state index contributed by atoms with van der Waals surface area (Å²) in [5.41, 5.74) is 1.66. The van der Waals surface area contributed by atoms with Crippen molar-refractivity contribution in [2.75, 3.05) is 14.2 Å². The Morgan fingerprint density at radius 1 is 1.08 bits per heavy atom. The largest absolute Gasteiger partial charge is 0.868 e. The SMILES string of the molecule is COC(=O)c1ccc(C2C(C(=O)c3cc4cccc(OC)c4o3)=C([O-])C(=O)N2Cc2ccc[nH+]c2)cc1. The number of Topliss-reactive ketones (excluding diaryl/α,β-unsaturated/α-hetero) is 1. The number of nitrogens with zero attached hydrogens (tertiary/aromatic N) is 1. The van der Waals surface area contributed by atoms with Crippen LogP contribution >= 0.6 is 0 Å². The number of rotatable bonds is 7. The zero-order chi connectivity index (χ0) is 26.1. The molecule has 0 aliphatic carbocycles. The maximum Gasteiger partial charge on any atom is 0.337 e. The fourth-order valence-electron chi connectivity index (χ4n) is 4.47. The maximum atomic E-state index is 13.7. The van der Waals surface area contributed by atoms with Gasteiger partial charge >= 0.3 is 5.97 Å². The molecule has 186 valence electrons. The first-order valence-corrected chi connectivity index (χ1v) is 11.4. The zero-order valence-corrected chi connectivity index (χ0v) is 20.0. The van der Waals surface area contributed by atoms with Crippen molar-refractivity contribution in [3.05, 3.63) is 107 Å². The quantitative estimate of drug-likeness (QED) is 0.283. The number of pyridine rings is 1. The van der Waals surface area contributed by atoms with E-state index in [1.54, 1.807) is 54.9 Å². The summed E-state index contributed by atoms with van der Waals surface area (Å²) in [4.78, 5) is 43.1. The van der Waals surface area contributed by atoms with Gasteiger partial charge in [0.15, 0.2) is 29.5 Å². The van der Waals surface area contributed by atoms with Crippen LogP contribution in [0.2, 0.25) is 0 Å². The Hall–Kier alpha value is -4.92. The van der Waals surface area contributed by atoms with Crippen molar-refractivity contribution < 1.29 is 38.4 Å². The first-order valence-electron chi connectivity index (χ1n) is 11.4. The number of amides is 1. The summed E-state index contributed by atoms with van der Waals surface area (Å²) in [5.74, 6) is -2.57. The van der Waals surface area contributed by atoms with Crippen LogP contribution in [-0.2, 0) is 16.1 Å². The van der Waals surface area contributed by atoms with E-state index in [1.807, 2.05) is 0 Å². The Balaban J connectivity index is 1.60. The van der Waals surface area contributed by atoms with E-state index in [2.05, 4.69) is 4.98 Å². The Bertz CT molecular complexity index is 1540. The number of nitrogens with one attached hydrogen (secondary N) is 1. The highest BCUT2D eigenvalue weighted by atomic mass is 16.5. The van der Waals surface area contributed by atoms with E-state index in [1.165, 1.54) is 37.3 Å². The van der Waals surface area contributed by atoms with Crippen molar-refractivity contribution in [2.45, 2.75) is 12.6 Å². The normalized spacial score (nSPS) is 15.4. The van der Waals surface area contributed by atoms with Crippen LogP contribution in [0.1, 0.15) is 38.1 Å². The number of para-hydroxylation sites is 1. The van der Waals surface area contributed by atoms with E-state index in [-0.39, 0.29) is 17.9 Å². The molecule has 9 nitrogen and oxygen atoms in total. The molecule has 2 aromatic heterocycles. The van der Waals surface area contributed by atoms with Gasteiger partial charge in [0.05, 0.1) is 32.4 Å². The van der Waals surface area contributed by atoms with E-state index >= 15 is 0 Å². The Labute approximate surface area is 211 Å². The lowest BCUT2D eigenvalue weighted by Gasteiger charge is -2.27. The number of H-pyrrole nitrogens is 1. The van der Waals surface area contributed by atoms with Crippen LogP contribution in [-0.4, -0.2) is 36.8 Å². The molecule has 0 fully saturated rings. The third-order valence-corrected chi connectivity index (χ3v) is 6.25.